The molecule has 6 heteroatoms. The van der Waals surface area contributed by atoms with E-state index < -0.39 is 0 Å². The van der Waals surface area contributed by atoms with E-state index in [-0.39, 0.29) is 5.84 Å². The van der Waals surface area contributed by atoms with Gasteiger partial charge in [-0.05, 0) is 12.5 Å². The molecule has 0 saturated carbocycles. The zero-order valence-electron chi connectivity index (χ0n) is 10.1. The largest absolute Gasteiger partial charge is 0.436 e. The maximum absolute atomic E-state index is 7.26. The summed E-state index contributed by atoms with van der Waals surface area (Å²) >= 11 is 0. The van der Waals surface area contributed by atoms with Crippen LogP contribution in [-0.4, -0.2) is 20.6 Å². The van der Waals surface area contributed by atoms with Crippen LogP contribution in [-0.2, 0) is 6.54 Å². The van der Waals surface area contributed by atoms with Crippen molar-refractivity contribution < 1.29 is 4.74 Å². The third-order valence-corrected chi connectivity index (χ3v) is 2.33. The summed E-state index contributed by atoms with van der Waals surface area (Å²) in [6, 6.07) is 3.37. The number of pyridine rings is 1. The Hall–Kier alpha value is -2.37. The number of nitrogen functional groups attached to an aromatic ring is 1. The smallest absolute Gasteiger partial charge is 0.219 e. The van der Waals surface area contributed by atoms with Crippen molar-refractivity contribution in [3.05, 3.63) is 36.3 Å². The summed E-state index contributed by atoms with van der Waals surface area (Å²) in [5.41, 5.74) is 5.92. The molecule has 2 aromatic heterocycles. The van der Waals surface area contributed by atoms with Gasteiger partial charge in [0.2, 0.25) is 5.88 Å². The standard InChI is InChI=1S/C12H15N5O/c1-2-5-17-8-10(7-16-17)18-11-4-3-9(6-15-11)12(13)14/h3-4,6-8H,2,5H2,1H3,(H3,13,14). The molecular weight excluding hydrogens is 230 g/mol. The van der Waals surface area contributed by atoms with Gasteiger partial charge in [-0.25, -0.2) is 4.98 Å². The highest BCUT2D eigenvalue weighted by atomic mass is 16.5. The molecular formula is C12H15N5O. The van der Waals surface area contributed by atoms with Gasteiger partial charge in [0, 0.05) is 24.4 Å². The van der Waals surface area contributed by atoms with Crippen molar-refractivity contribution in [2.45, 2.75) is 19.9 Å². The van der Waals surface area contributed by atoms with Crippen LogP contribution in [0.2, 0.25) is 0 Å². The molecule has 0 aromatic carbocycles. The Morgan fingerprint density at radius 1 is 1.44 bits per heavy atom. The lowest BCUT2D eigenvalue weighted by Crippen LogP contribution is -2.11. The fraction of sp³-hybridized carbons (Fsp3) is 0.250. The Kier molecular flexibility index (Phi) is 3.57. The first-order chi connectivity index (χ1) is 8.69. The van der Waals surface area contributed by atoms with Crippen molar-refractivity contribution in [1.82, 2.24) is 14.8 Å². The van der Waals surface area contributed by atoms with Gasteiger partial charge in [-0.1, -0.05) is 6.92 Å². The first-order valence-electron chi connectivity index (χ1n) is 5.70. The van der Waals surface area contributed by atoms with Crippen molar-refractivity contribution >= 4 is 5.84 Å². The zero-order valence-corrected chi connectivity index (χ0v) is 10.1. The van der Waals surface area contributed by atoms with E-state index in [1.54, 1.807) is 18.3 Å². The molecule has 0 unspecified atom stereocenters. The van der Waals surface area contributed by atoms with Gasteiger partial charge >= 0.3 is 0 Å². The van der Waals surface area contributed by atoms with Crippen molar-refractivity contribution in [2.24, 2.45) is 5.73 Å². The van der Waals surface area contributed by atoms with Crippen molar-refractivity contribution in [3.63, 3.8) is 0 Å². The van der Waals surface area contributed by atoms with Gasteiger partial charge in [0.05, 0.1) is 12.4 Å². The lowest BCUT2D eigenvalue weighted by atomic mass is 10.3. The minimum Gasteiger partial charge on any atom is -0.436 e. The molecule has 0 aliphatic carbocycles. The van der Waals surface area contributed by atoms with Gasteiger partial charge in [0.25, 0.3) is 0 Å². The zero-order chi connectivity index (χ0) is 13.0. The van der Waals surface area contributed by atoms with E-state index in [0.29, 0.717) is 17.2 Å². The second kappa shape index (κ2) is 5.31. The number of ether oxygens (including phenoxy) is 1. The lowest BCUT2D eigenvalue weighted by molar-refractivity contribution is 0.461. The van der Waals surface area contributed by atoms with E-state index in [1.165, 1.54) is 6.20 Å². The fourth-order valence-corrected chi connectivity index (χ4v) is 1.47. The van der Waals surface area contributed by atoms with E-state index in [4.69, 9.17) is 15.9 Å². The highest BCUT2D eigenvalue weighted by molar-refractivity contribution is 5.94. The molecule has 94 valence electrons. The Morgan fingerprint density at radius 2 is 2.28 bits per heavy atom. The second-order valence-corrected chi connectivity index (χ2v) is 3.84. The molecule has 6 nitrogen and oxygen atoms in total. The molecule has 2 aromatic rings. The molecule has 18 heavy (non-hydrogen) atoms. The monoisotopic (exact) mass is 245 g/mol. The van der Waals surface area contributed by atoms with Gasteiger partial charge in [-0.2, -0.15) is 5.10 Å². The Bertz CT molecular complexity index is 532. The number of nitrogens with two attached hydrogens (primary N) is 1. The average molecular weight is 245 g/mol. The van der Waals surface area contributed by atoms with E-state index in [0.717, 1.165) is 13.0 Å². The summed E-state index contributed by atoms with van der Waals surface area (Å²) in [4.78, 5) is 4.07. The number of amidine groups is 1. The molecule has 0 atom stereocenters. The summed E-state index contributed by atoms with van der Waals surface area (Å²) in [6.07, 6.45) is 6.00. The minimum atomic E-state index is -0.00943. The number of aromatic nitrogens is 3. The van der Waals surface area contributed by atoms with E-state index in [1.807, 2.05) is 10.9 Å². The Labute approximate surface area is 105 Å². The number of rotatable bonds is 5. The quantitative estimate of drug-likeness (QED) is 0.620. The maximum atomic E-state index is 7.26. The van der Waals surface area contributed by atoms with Crippen molar-refractivity contribution in [3.8, 4) is 11.6 Å². The minimum absolute atomic E-state index is 0.00943. The molecule has 0 aliphatic heterocycles. The predicted molar refractivity (Wildman–Crippen MR) is 67.8 cm³/mol. The summed E-state index contributed by atoms with van der Waals surface area (Å²) < 4.78 is 7.35. The first-order valence-corrected chi connectivity index (χ1v) is 5.70. The van der Waals surface area contributed by atoms with Crippen LogP contribution in [0.5, 0.6) is 11.6 Å². The topological polar surface area (TPSA) is 89.8 Å². The van der Waals surface area contributed by atoms with Gasteiger partial charge < -0.3 is 10.5 Å². The van der Waals surface area contributed by atoms with E-state index in [9.17, 15) is 0 Å². The van der Waals surface area contributed by atoms with Crippen LogP contribution in [0, 0.1) is 5.41 Å². The lowest BCUT2D eigenvalue weighted by Gasteiger charge is -2.02. The number of hydrogen-bond donors (Lipinski definition) is 2. The Balaban J connectivity index is 2.06. The molecule has 2 rings (SSSR count). The maximum Gasteiger partial charge on any atom is 0.219 e. The molecule has 0 fully saturated rings. The fourth-order valence-electron chi connectivity index (χ4n) is 1.47. The van der Waals surface area contributed by atoms with Crippen LogP contribution < -0.4 is 10.5 Å². The van der Waals surface area contributed by atoms with Crippen LogP contribution in [0.4, 0.5) is 0 Å². The van der Waals surface area contributed by atoms with Gasteiger partial charge in [0.15, 0.2) is 5.75 Å². The van der Waals surface area contributed by atoms with Crippen LogP contribution in [0.15, 0.2) is 30.7 Å². The molecule has 0 bridgehead atoms. The molecule has 2 heterocycles. The van der Waals surface area contributed by atoms with E-state index >= 15 is 0 Å². The molecule has 0 saturated heterocycles. The van der Waals surface area contributed by atoms with Crippen molar-refractivity contribution in [1.29, 1.82) is 5.41 Å². The van der Waals surface area contributed by atoms with Crippen molar-refractivity contribution in [2.75, 3.05) is 0 Å². The van der Waals surface area contributed by atoms with Crippen LogP contribution in [0.25, 0.3) is 0 Å². The van der Waals surface area contributed by atoms with Crippen LogP contribution in [0.3, 0.4) is 0 Å². The van der Waals surface area contributed by atoms with Gasteiger partial charge in [-0.3, -0.25) is 10.1 Å². The highest BCUT2D eigenvalue weighted by Crippen LogP contribution is 2.18. The predicted octanol–water partition coefficient (Wildman–Crippen LogP) is 1.76. The third kappa shape index (κ3) is 2.85. The SMILES string of the molecule is CCCn1cc(Oc2ccc(C(=N)N)cn2)cn1. The molecule has 0 spiro atoms. The van der Waals surface area contributed by atoms with Crippen LogP contribution >= 0.6 is 0 Å². The average Bonchev–Trinajstić information content (AvgIpc) is 2.78. The molecule has 0 amide bonds. The van der Waals surface area contributed by atoms with Gasteiger partial charge in [0.1, 0.15) is 5.84 Å². The normalized spacial score (nSPS) is 10.3. The number of nitrogens with zero attached hydrogens (tertiary/aromatic N) is 3. The molecule has 0 radical (unpaired) electrons. The number of aryl methyl sites for hydroxylation is 1. The molecule has 0 aliphatic rings. The number of hydrogen-bond acceptors (Lipinski definition) is 4. The summed E-state index contributed by atoms with van der Waals surface area (Å²) in [5.74, 6) is 1.09. The number of nitrogens with one attached hydrogen (secondary N) is 1. The summed E-state index contributed by atoms with van der Waals surface area (Å²) in [5, 5.41) is 11.4. The second-order valence-electron chi connectivity index (χ2n) is 3.84. The summed E-state index contributed by atoms with van der Waals surface area (Å²) in [7, 11) is 0. The third-order valence-electron chi connectivity index (χ3n) is 2.33. The summed E-state index contributed by atoms with van der Waals surface area (Å²) in [6.45, 7) is 2.95. The first kappa shape index (κ1) is 12.1. The Morgan fingerprint density at radius 3 is 2.89 bits per heavy atom. The highest BCUT2D eigenvalue weighted by Gasteiger charge is 2.03. The van der Waals surface area contributed by atoms with E-state index in [2.05, 4.69) is 17.0 Å². The van der Waals surface area contributed by atoms with Crippen LogP contribution in [0.1, 0.15) is 18.9 Å². The van der Waals surface area contributed by atoms with Gasteiger partial charge in [-0.15, -0.1) is 0 Å². The molecule has 3 N–H and O–H groups in total.